The Balaban J connectivity index is 2.05. The van der Waals surface area contributed by atoms with Gasteiger partial charge in [0.25, 0.3) is 0 Å². The molecule has 108 valence electrons. The normalized spacial score (nSPS) is 11.1. The lowest BCUT2D eigenvalue weighted by Gasteiger charge is -2.07. The van der Waals surface area contributed by atoms with E-state index in [1.165, 1.54) is 35.2 Å². The van der Waals surface area contributed by atoms with Crippen molar-refractivity contribution < 1.29 is 9.52 Å². The van der Waals surface area contributed by atoms with Crippen LogP contribution in [0.1, 0.15) is 18.1 Å². The maximum atomic E-state index is 11.6. The van der Waals surface area contributed by atoms with E-state index in [1.807, 2.05) is 13.0 Å². The van der Waals surface area contributed by atoms with Crippen LogP contribution in [-0.2, 0) is 12.2 Å². The molecule has 0 aliphatic rings. The van der Waals surface area contributed by atoms with Crippen molar-refractivity contribution in [3.63, 3.8) is 0 Å². The summed E-state index contributed by atoms with van der Waals surface area (Å²) in [4.78, 5) is 11.6. The third-order valence-electron chi connectivity index (χ3n) is 3.10. The second-order valence-corrected chi connectivity index (χ2v) is 6.47. The minimum atomic E-state index is -0.418. The predicted molar refractivity (Wildman–Crippen MR) is 83.0 cm³/mol. The fourth-order valence-electron chi connectivity index (χ4n) is 2.08. The van der Waals surface area contributed by atoms with Gasteiger partial charge in [-0.25, -0.2) is 4.79 Å². The van der Waals surface area contributed by atoms with Crippen molar-refractivity contribution >= 4 is 34.1 Å². The molecule has 0 aliphatic carbocycles. The van der Waals surface area contributed by atoms with Crippen LogP contribution in [-0.4, -0.2) is 15.3 Å². The van der Waals surface area contributed by atoms with Crippen molar-refractivity contribution in [1.82, 2.24) is 10.2 Å². The van der Waals surface area contributed by atoms with Crippen molar-refractivity contribution in [2.24, 2.45) is 0 Å². The number of nitrogens with zero attached hydrogens (tertiary/aromatic N) is 2. The molecule has 21 heavy (non-hydrogen) atoms. The fourth-order valence-corrected chi connectivity index (χ4v) is 3.55. The molecule has 0 bridgehead atoms. The molecule has 7 heteroatoms. The first-order chi connectivity index (χ1) is 10.2. The van der Waals surface area contributed by atoms with Crippen LogP contribution in [0.25, 0.3) is 11.0 Å². The number of aromatic hydroxyl groups is 1. The van der Waals surface area contributed by atoms with Crippen LogP contribution in [0.2, 0.25) is 0 Å². The summed E-state index contributed by atoms with van der Waals surface area (Å²) in [5.41, 5.74) is 3.37. The highest BCUT2D eigenvalue weighted by Crippen LogP contribution is 2.30. The van der Waals surface area contributed by atoms with Gasteiger partial charge in [0.2, 0.25) is 0 Å². The molecule has 1 N–H and O–H groups in total. The minimum Gasteiger partial charge on any atom is -0.508 e. The first kappa shape index (κ1) is 14.1. The predicted octanol–water partition coefficient (Wildman–Crippen LogP) is 3.20. The molecule has 0 fully saturated rings. The lowest BCUT2D eigenvalue weighted by Crippen LogP contribution is -2.00. The third kappa shape index (κ3) is 2.93. The molecule has 2 aromatic heterocycles. The summed E-state index contributed by atoms with van der Waals surface area (Å²) >= 11 is 2.98. The Kier molecular flexibility index (Phi) is 3.94. The Bertz CT molecular complexity index is 828. The van der Waals surface area contributed by atoms with Crippen molar-refractivity contribution in [1.29, 1.82) is 0 Å². The summed E-state index contributed by atoms with van der Waals surface area (Å²) in [6.07, 6.45) is 0.712. The van der Waals surface area contributed by atoms with E-state index in [2.05, 4.69) is 10.2 Å². The molecule has 0 aliphatic heterocycles. The largest absolute Gasteiger partial charge is 0.508 e. The highest BCUT2D eigenvalue weighted by molar-refractivity contribution is 8.00. The van der Waals surface area contributed by atoms with Gasteiger partial charge in [0.1, 0.15) is 16.8 Å². The topological polar surface area (TPSA) is 76.2 Å². The minimum absolute atomic E-state index is 0.155. The second-order valence-electron chi connectivity index (χ2n) is 4.41. The van der Waals surface area contributed by atoms with Gasteiger partial charge in [-0.1, -0.05) is 30.0 Å². The quantitative estimate of drug-likeness (QED) is 0.587. The fraction of sp³-hybridized carbons (Fsp3) is 0.214. The number of phenolic OH excluding ortho intramolecular Hbond substituents is 1. The number of aryl methyl sites for hydroxylation is 1. The Morgan fingerprint density at radius 1 is 1.33 bits per heavy atom. The molecule has 0 unspecified atom stereocenters. The van der Waals surface area contributed by atoms with Gasteiger partial charge in [-0.15, -0.1) is 10.2 Å². The number of thioether (sulfide) groups is 1. The molecule has 3 aromatic rings. The van der Waals surface area contributed by atoms with Gasteiger partial charge in [0, 0.05) is 23.3 Å². The van der Waals surface area contributed by atoms with Gasteiger partial charge < -0.3 is 9.52 Å². The van der Waals surface area contributed by atoms with E-state index in [-0.39, 0.29) is 5.75 Å². The summed E-state index contributed by atoms with van der Waals surface area (Å²) in [6.45, 7) is 1.97. The maximum absolute atomic E-state index is 11.6. The Morgan fingerprint density at radius 3 is 2.90 bits per heavy atom. The highest BCUT2D eigenvalue weighted by atomic mass is 32.2. The average Bonchev–Trinajstić information content (AvgIpc) is 2.97. The molecule has 0 saturated carbocycles. The smallest absolute Gasteiger partial charge is 0.336 e. The first-order valence-corrected chi connectivity index (χ1v) is 8.21. The third-order valence-corrected chi connectivity index (χ3v) is 5.01. The number of rotatable bonds is 4. The van der Waals surface area contributed by atoms with E-state index < -0.39 is 5.63 Å². The first-order valence-electron chi connectivity index (χ1n) is 6.35. The zero-order valence-electron chi connectivity index (χ0n) is 11.2. The number of benzene rings is 1. The molecule has 5 nitrogen and oxygen atoms in total. The van der Waals surface area contributed by atoms with Crippen LogP contribution < -0.4 is 5.63 Å². The summed E-state index contributed by atoms with van der Waals surface area (Å²) in [6, 6.07) is 4.88. The summed E-state index contributed by atoms with van der Waals surface area (Å²) in [5, 5.41) is 18.5. The van der Waals surface area contributed by atoms with E-state index in [4.69, 9.17) is 4.42 Å². The maximum Gasteiger partial charge on any atom is 0.336 e. The molecule has 0 radical (unpaired) electrons. The number of aromatic nitrogens is 2. The molecule has 3 rings (SSSR count). The molecular weight excluding hydrogens is 308 g/mol. The standard InChI is InChI=1S/C14H12N2O3S2/c1-2-8-3-10-9(6-20-14-16-15-7-21-14)4-13(18)19-12(10)5-11(8)17/h3-5,7,17H,2,6H2,1H3. The van der Waals surface area contributed by atoms with Crippen molar-refractivity contribution in [2.75, 3.05) is 0 Å². The van der Waals surface area contributed by atoms with Gasteiger partial charge in [-0.05, 0) is 23.6 Å². The van der Waals surface area contributed by atoms with E-state index in [1.54, 1.807) is 5.51 Å². The van der Waals surface area contributed by atoms with Gasteiger partial charge in [0.15, 0.2) is 4.34 Å². The number of fused-ring (bicyclic) bond motifs is 1. The van der Waals surface area contributed by atoms with E-state index in [0.29, 0.717) is 17.8 Å². The van der Waals surface area contributed by atoms with Crippen LogP contribution >= 0.6 is 23.1 Å². The van der Waals surface area contributed by atoms with E-state index >= 15 is 0 Å². The van der Waals surface area contributed by atoms with Crippen molar-refractivity contribution in [2.45, 2.75) is 23.4 Å². The van der Waals surface area contributed by atoms with Crippen molar-refractivity contribution in [3.8, 4) is 5.75 Å². The molecule has 2 heterocycles. The molecule has 0 spiro atoms. The van der Waals surface area contributed by atoms with Crippen LogP contribution in [0.5, 0.6) is 5.75 Å². The van der Waals surface area contributed by atoms with Crippen LogP contribution in [0.3, 0.4) is 0 Å². The van der Waals surface area contributed by atoms with E-state index in [0.717, 1.165) is 20.9 Å². The molecule has 0 saturated heterocycles. The average molecular weight is 320 g/mol. The van der Waals surface area contributed by atoms with Gasteiger partial charge in [0.05, 0.1) is 0 Å². The summed E-state index contributed by atoms with van der Waals surface area (Å²) < 4.78 is 6.02. The number of hydrogen-bond donors (Lipinski definition) is 1. The van der Waals surface area contributed by atoms with Crippen LogP contribution in [0, 0.1) is 0 Å². The van der Waals surface area contributed by atoms with Gasteiger partial charge in [-0.2, -0.15) is 0 Å². The zero-order valence-corrected chi connectivity index (χ0v) is 12.8. The SMILES string of the molecule is CCc1cc2c(CSc3nncs3)cc(=O)oc2cc1O. The zero-order chi connectivity index (χ0) is 14.8. The lowest BCUT2D eigenvalue weighted by atomic mass is 10.1. The molecule has 1 aromatic carbocycles. The molecule has 0 atom stereocenters. The Morgan fingerprint density at radius 2 is 2.19 bits per heavy atom. The second kappa shape index (κ2) is 5.87. The molecular formula is C14H12N2O3S2. The Hall–Kier alpha value is -1.86. The van der Waals surface area contributed by atoms with E-state index in [9.17, 15) is 9.90 Å². The van der Waals surface area contributed by atoms with Crippen LogP contribution in [0.15, 0.2) is 37.3 Å². The van der Waals surface area contributed by atoms with Crippen LogP contribution in [0.4, 0.5) is 0 Å². The molecule has 0 amide bonds. The number of hydrogen-bond acceptors (Lipinski definition) is 7. The monoisotopic (exact) mass is 320 g/mol. The summed E-state index contributed by atoms with van der Waals surface area (Å²) in [5.74, 6) is 0.757. The lowest BCUT2D eigenvalue weighted by molar-refractivity contribution is 0.466. The van der Waals surface area contributed by atoms with Gasteiger partial charge >= 0.3 is 5.63 Å². The Labute approximate surface area is 128 Å². The van der Waals surface area contributed by atoms with Crippen molar-refractivity contribution in [3.05, 3.63) is 45.3 Å². The highest BCUT2D eigenvalue weighted by Gasteiger charge is 2.11. The number of phenols is 1. The van der Waals surface area contributed by atoms with Gasteiger partial charge in [-0.3, -0.25) is 0 Å². The summed E-state index contributed by atoms with van der Waals surface area (Å²) in [7, 11) is 0.